The average Bonchev–Trinajstić information content (AvgIpc) is 2.70. The third-order valence-electron chi connectivity index (χ3n) is 2.18. The highest BCUT2D eigenvalue weighted by atomic mass is 32.2. The SMILES string of the molecule is CSCCC(NC(=O)c1cnn(C)c1)C(=O)O. The largest absolute Gasteiger partial charge is 0.480 e. The number of carbonyl (C=O) groups excluding carboxylic acids is 1. The second-order valence-electron chi connectivity index (χ2n) is 3.55. The Morgan fingerprint density at radius 2 is 2.35 bits per heavy atom. The lowest BCUT2D eigenvalue weighted by Gasteiger charge is -2.12. The first-order valence-electron chi connectivity index (χ1n) is 5.06. The topological polar surface area (TPSA) is 84.2 Å². The molecular weight excluding hydrogens is 242 g/mol. The Bertz CT molecular complexity index is 405. The Hall–Kier alpha value is -1.50. The van der Waals surface area contributed by atoms with Crippen LogP contribution < -0.4 is 5.32 Å². The lowest BCUT2D eigenvalue weighted by Crippen LogP contribution is -2.41. The number of aliphatic carboxylic acids is 1. The minimum absolute atomic E-state index is 0.364. The molecule has 0 saturated carbocycles. The Balaban J connectivity index is 2.60. The zero-order valence-electron chi connectivity index (χ0n) is 9.71. The lowest BCUT2D eigenvalue weighted by molar-refractivity contribution is -0.139. The van der Waals surface area contributed by atoms with Crippen LogP contribution in [0.4, 0.5) is 0 Å². The van der Waals surface area contributed by atoms with Crippen molar-refractivity contribution in [3.63, 3.8) is 0 Å². The molecule has 6 nitrogen and oxygen atoms in total. The first-order chi connectivity index (χ1) is 8.04. The summed E-state index contributed by atoms with van der Waals surface area (Å²) in [5.74, 6) is -0.743. The highest BCUT2D eigenvalue weighted by Gasteiger charge is 2.20. The highest BCUT2D eigenvalue weighted by molar-refractivity contribution is 7.98. The molecule has 0 bridgehead atoms. The molecule has 1 rings (SSSR count). The van der Waals surface area contributed by atoms with Gasteiger partial charge in [-0.25, -0.2) is 4.79 Å². The standard InChI is InChI=1S/C10H15N3O3S/c1-13-6-7(5-11-13)9(14)12-8(10(15)16)3-4-17-2/h5-6,8H,3-4H2,1-2H3,(H,12,14)(H,15,16). The van der Waals surface area contributed by atoms with Crippen molar-refractivity contribution in [2.75, 3.05) is 12.0 Å². The molecule has 0 saturated heterocycles. The number of thioether (sulfide) groups is 1. The summed E-state index contributed by atoms with van der Waals surface area (Å²) in [6, 6.07) is -0.852. The molecule has 0 aliphatic rings. The van der Waals surface area contributed by atoms with Crippen LogP contribution in [0.1, 0.15) is 16.8 Å². The quantitative estimate of drug-likeness (QED) is 0.768. The number of carboxylic acid groups (broad SMARTS) is 1. The molecule has 2 N–H and O–H groups in total. The molecular formula is C10H15N3O3S. The van der Waals surface area contributed by atoms with Crippen LogP contribution in [0.2, 0.25) is 0 Å². The monoisotopic (exact) mass is 257 g/mol. The Morgan fingerprint density at radius 3 is 2.82 bits per heavy atom. The summed E-state index contributed by atoms with van der Waals surface area (Å²) >= 11 is 1.54. The molecule has 0 aliphatic carbocycles. The molecule has 0 spiro atoms. The minimum Gasteiger partial charge on any atom is -0.480 e. The van der Waals surface area contributed by atoms with Gasteiger partial charge in [0.2, 0.25) is 0 Å². The number of amides is 1. The first-order valence-corrected chi connectivity index (χ1v) is 6.45. The molecule has 1 amide bonds. The molecule has 17 heavy (non-hydrogen) atoms. The Labute approximate surface area is 103 Å². The molecule has 0 aliphatic heterocycles. The fraction of sp³-hybridized carbons (Fsp3) is 0.500. The number of aryl methyl sites for hydroxylation is 1. The van der Waals surface area contributed by atoms with Gasteiger partial charge in [0.25, 0.3) is 5.91 Å². The summed E-state index contributed by atoms with van der Waals surface area (Å²) < 4.78 is 1.49. The Morgan fingerprint density at radius 1 is 1.65 bits per heavy atom. The summed E-state index contributed by atoms with van der Waals surface area (Å²) in [5.41, 5.74) is 0.364. The number of carbonyl (C=O) groups is 2. The molecule has 1 heterocycles. The second kappa shape index (κ2) is 6.29. The van der Waals surface area contributed by atoms with Gasteiger partial charge in [0.15, 0.2) is 0 Å². The third-order valence-corrected chi connectivity index (χ3v) is 2.83. The van der Waals surface area contributed by atoms with Crippen LogP contribution in [-0.2, 0) is 11.8 Å². The number of carboxylic acids is 1. The molecule has 0 aromatic carbocycles. The van der Waals surface area contributed by atoms with Crippen molar-refractivity contribution in [2.45, 2.75) is 12.5 Å². The van der Waals surface area contributed by atoms with Crippen LogP contribution in [0, 0.1) is 0 Å². The first kappa shape index (κ1) is 13.6. The van der Waals surface area contributed by atoms with E-state index in [0.29, 0.717) is 17.7 Å². The van der Waals surface area contributed by atoms with Gasteiger partial charge in [0.05, 0.1) is 11.8 Å². The van der Waals surface area contributed by atoms with Gasteiger partial charge >= 0.3 is 5.97 Å². The van der Waals surface area contributed by atoms with E-state index >= 15 is 0 Å². The Kier molecular flexibility index (Phi) is 5.02. The maximum atomic E-state index is 11.7. The van der Waals surface area contributed by atoms with Crippen LogP contribution in [0.5, 0.6) is 0 Å². The van der Waals surface area contributed by atoms with E-state index in [9.17, 15) is 9.59 Å². The number of nitrogens with zero attached hydrogens (tertiary/aromatic N) is 2. The van der Waals surface area contributed by atoms with E-state index in [1.165, 1.54) is 10.9 Å². The summed E-state index contributed by atoms with van der Waals surface area (Å²) in [4.78, 5) is 22.6. The van der Waals surface area contributed by atoms with E-state index in [0.717, 1.165) is 0 Å². The van der Waals surface area contributed by atoms with Crippen LogP contribution in [-0.4, -0.2) is 44.8 Å². The average molecular weight is 257 g/mol. The minimum atomic E-state index is -1.02. The number of hydrogen-bond acceptors (Lipinski definition) is 4. The summed E-state index contributed by atoms with van der Waals surface area (Å²) in [7, 11) is 1.69. The third kappa shape index (κ3) is 4.10. The van der Waals surface area contributed by atoms with Crippen LogP contribution in [0.25, 0.3) is 0 Å². The molecule has 7 heteroatoms. The van der Waals surface area contributed by atoms with Crippen LogP contribution in [0.3, 0.4) is 0 Å². The van der Waals surface area contributed by atoms with E-state index < -0.39 is 17.9 Å². The van der Waals surface area contributed by atoms with E-state index in [-0.39, 0.29) is 0 Å². The molecule has 1 aromatic rings. The van der Waals surface area contributed by atoms with Crippen molar-refractivity contribution >= 4 is 23.6 Å². The van der Waals surface area contributed by atoms with Gasteiger partial charge in [-0.05, 0) is 18.4 Å². The number of hydrogen-bond donors (Lipinski definition) is 2. The summed E-state index contributed by atoms with van der Waals surface area (Å²) in [6.07, 6.45) is 5.25. The van der Waals surface area contributed by atoms with E-state index in [1.54, 1.807) is 25.0 Å². The smallest absolute Gasteiger partial charge is 0.326 e. The number of nitrogens with one attached hydrogen (secondary N) is 1. The van der Waals surface area contributed by atoms with Crippen molar-refractivity contribution in [3.8, 4) is 0 Å². The number of aromatic nitrogens is 2. The summed E-state index contributed by atoms with van der Waals surface area (Å²) in [5, 5.41) is 15.3. The van der Waals surface area contributed by atoms with Gasteiger partial charge in [-0.15, -0.1) is 0 Å². The maximum Gasteiger partial charge on any atom is 0.326 e. The fourth-order valence-electron chi connectivity index (χ4n) is 1.27. The van der Waals surface area contributed by atoms with Crippen molar-refractivity contribution in [1.29, 1.82) is 0 Å². The molecule has 0 radical (unpaired) electrons. The predicted octanol–water partition coefficient (Wildman–Crippen LogP) is 0.356. The van der Waals surface area contributed by atoms with Gasteiger partial charge in [-0.3, -0.25) is 9.48 Å². The van der Waals surface area contributed by atoms with E-state index in [4.69, 9.17) is 5.11 Å². The van der Waals surface area contributed by atoms with Crippen molar-refractivity contribution in [1.82, 2.24) is 15.1 Å². The van der Waals surface area contributed by atoms with Crippen LogP contribution in [0.15, 0.2) is 12.4 Å². The van der Waals surface area contributed by atoms with Crippen LogP contribution >= 0.6 is 11.8 Å². The van der Waals surface area contributed by atoms with Gasteiger partial charge < -0.3 is 10.4 Å². The zero-order chi connectivity index (χ0) is 12.8. The maximum absolute atomic E-state index is 11.7. The molecule has 94 valence electrons. The highest BCUT2D eigenvalue weighted by Crippen LogP contribution is 2.03. The van der Waals surface area contributed by atoms with E-state index in [2.05, 4.69) is 10.4 Å². The molecule has 0 fully saturated rings. The molecule has 1 unspecified atom stereocenters. The zero-order valence-corrected chi connectivity index (χ0v) is 10.5. The normalized spacial score (nSPS) is 12.1. The van der Waals surface area contributed by atoms with Gasteiger partial charge in [0, 0.05) is 13.2 Å². The van der Waals surface area contributed by atoms with Gasteiger partial charge in [-0.2, -0.15) is 16.9 Å². The second-order valence-corrected chi connectivity index (χ2v) is 4.53. The van der Waals surface area contributed by atoms with Gasteiger partial charge in [0.1, 0.15) is 6.04 Å². The van der Waals surface area contributed by atoms with E-state index in [1.807, 2.05) is 6.26 Å². The van der Waals surface area contributed by atoms with Gasteiger partial charge in [-0.1, -0.05) is 0 Å². The van der Waals surface area contributed by atoms with Crippen molar-refractivity contribution in [3.05, 3.63) is 18.0 Å². The molecule has 1 aromatic heterocycles. The van der Waals surface area contributed by atoms with Crippen molar-refractivity contribution in [2.24, 2.45) is 7.05 Å². The number of rotatable bonds is 6. The van der Waals surface area contributed by atoms with Crippen molar-refractivity contribution < 1.29 is 14.7 Å². The summed E-state index contributed by atoms with van der Waals surface area (Å²) in [6.45, 7) is 0. The molecule has 1 atom stereocenters. The predicted molar refractivity (Wildman–Crippen MR) is 65.1 cm³/mol. The lowest BCUT2D eigenvalue weighted by atomic mass is 10.2. The fourth-order valence-corrected chi connectivity index (χ4v) is 1.74.